The maximum Gasteiger partial charge on any atom is 0.309 e. The van der Waals surface area contributed by atoms with Crippen molar-refractivity contribution in [3.8, 4) is 11.8 Å². The number of carbonyl (C=O) groups is 2. The molecule has 9 nitrogen and oxygen atoms in total. The summed E-state index contributed by atoms with van der Waals surface area (Å²) in [6.07, 6.45) is 1.21. The highest BCUT2D eigenvalue weighted by atomic mass is 16.5. The first-order valence-corrected chi connectivity index (χ1v) is 12.0. The van der Waals surface area contributed by atoms with E-state index >= 15 is 0 Å². The number of hydrogen-bond acceptors (Lipinski definition) is 8. The molecule has 1 fully saturated rings. The molecule has 186 valence electrons. The molecule has 1 aliphatic heterocycles. The number of para-hydroxylation sites is 2. The van der Waals surface area contributed by atoms with Crippen LogP contribution in [0.15, 0.2) is 48.5 Å². The van der Waals surface area contributed by atoms with Crippen molar-refractivity contribution >= 4 is 28.7 Å². The number of fused-ring (bicyclic) bond motifs is 1. The molecule has 2 aromatic carbocycles. The Kier molecular flexibility index (Phi) is 7.95. The van der Waals surface area contributed by atoms with Gasteiger partial charge in [0.15, 0.2) is 11.7 Å². The Morgan fingerprint density at radius 1 is 1.11 bits per heavy atom. The van der Waals surface area contributed by atoms with Crippen molar-refractivity contribution in [3.05, 3.63) is 59.8 Å². The van der Waals surface area contributed by atoms with Crippen molar-refractivity contribution in [3.63, 3.8) is 0 Å². The lowest BCUT2D eigenvalue weighted by atomic mass is 9.96. The molecule has 4 rings (SSSR count). The SMILES string of the molecule is CCOC(=O)C1CCN(c2nc3ccccc3nc2C(C#N)C(=O)NCc2ccc(OC)cc2)CC1. The molecule has 1 N–H and O–H groups in total. The zero-order valence-corrected chi connectivity index (χ0v) is 20.4. The van der Waals surface area contributed by atoms with Gasteiger partial charge in [-0.15, -0.1) is 0 Å². The van der Waals surface area contributed by atoms with E-state index in [1.54, 1.807) is 14.0 Å². The quantitative estimate of drug-likeness (QED) is 0.481. The van der Waals surface area contributed by atoms with Crippen molar-refractivity contribution in [2.75, 3.05) is 31.7 Å². The van der Waals surface area contributed by atoms with E-state index in [4.69, 9.17) is 19.4 Å². The smallest absolute Gasteiger partial charge is 0.309 e. The van der Waals surface area contributed by atoms with Gasteiger partial charge in [-0.2, -0.15) is 5.26 Å². The predicted octanol–water partition coefficient (Wildman–Crippen LogP) is 3.34. The molecule has 1 unspecified atom stereocenters. The van der Waals surface area contributed by atoms with Crippen LogP contribution in [0.4, 0.5) is 5.82 Å². The Morgan fingerprint density at radius 2 is 1.78 bits per heavy atom. The van der Waals surface area contributed by atoms with Gasteiger partial charge in [0, 0.05) is 19.6 Å². The Balaban J connectivity index is 1.57. The van der Waals surface area contributed by atoms with Crippen molar-refractivity contribution < 1.29 is 19.1 Å². The lowest BCUT2D eigenvalue weighted by molar-refractivity contribution is -0.148. The highest BCUT2D eigenvalue weighted by molar-refractivity contribution is 5.89. The minimum Gasteiger partial charge on any atom is -0.497 e. The number of amides is 1. The number of benzene rings is 2. The molecule has 0 radical (unpaired) electrons. The van der Waals surface area contributed by atoms with E-state index in [-0.39, 0.29) is 18.4 Å². The van der Waals surface area contributed by atoms with Gasteiger partial charge in [-0.3, -0.25) is 9.59 Å². The topological polar surface area (TPSA) is 117 Å². The van der Waals surface area contributed by atoms with Crippen molar-refractivity contribution in [2.45, 2.75) is 32.2 Å². The van der Waals surface area contributed by atoms with Gasteiger partial charge in [0.05, 0.1) is 36.7 Å². The average Bonchev–Trinajstić information content (AvgIpc) is 2.92. The highest BCUT2D eigenvalue weighted by Crippen LogP contribution is 2.31. The number of hydrogen-bond donors (Lipinski definition) is 1. The zero-order chi connectivity index (χ0) is 25.5. The molecule has 0 aliphatic carbocycles. The van der Waals surface area contributed by atoms with E-state index in [1.165, 1.54) is 0 Å². The molecule has 1 atom stereocenters. The summed E-state index contributed by atoms with van der Waals surface area (Å²) in [6, 6.07) is 16.9. The zero-order valence-electron chi connectivity index (χ0n) is 20.4. The van der Waals surface area contributed by atoms with E-state index in [0.29, 0.717) is 55.1 Å². The number of nitrogens with one attached hydrogen (secondary N) is 1. The van der Waals surface area contributed by atoms with Gasteiger partial charge in [0.1, 0.15) is 11.4 Å². The van der Waals surface area contributed by atoms with Gasteiger partial charge >= 0.3 is 5.97 Å². The van der Waals surface area contributed by atoms with Gasteiger partial charge in [0.25, 0.3) is 0 Å². The second kappa shape index (κ2) is 11.5. The molecule has 1 aromatic heterocycles. The van der Waals surface area contributed by atoms with Crippen LogP contribution in [0.1, 0.15) is 36.9 Å². The summed E-state index contributed by atoms with van der Waals surface area (Å²) in [6.45, 7) is 3.52. The average molecular weight is 488 g/mol. The summed E-state index contributed by atoms with van der Waals surface area (Å²) >= 11 is 0. The molecular formula is C27H29N5O4. The first-order valence-electron chi connectivity index (χ1n) is 12.0. The van der Waals surface area contributed by atoms with E-state index in [2.05, 4.69) is 11.4 Å². The third kappa shape index (κ3) is 5.54. The van der Waals surface area contributed by atoms with Crippen LogP contribution in [-0.2, 0) is 20.9 Å². The van der Waals surface area contributed by atoms with Crippen LogP contribution in [-0.4, -0.2) is 48.7 Å². The minimum absolute atomic E-state index is 0.169. The second-order valence-corrected chi connectivity index (χ2v) is 8.56. The summed E-state index contributed by atoms with van der Waals surface area (Å²) in [5.41, 5.74) is 2.49. The van der Waals surface area contributed by atoms with Crippen LogP contribution in [0.3, 0.4) is 0 Å². The van der Waals surface area contributed by atoms with Gasteiger partial charge in [0.2, 0.25) is 5.91 Å². The number of carbonyl (C=O) groups excluding carboxylic acids is 2. The number of anilines is 1. The van der Waals surface area contributed by atoms with Crippen LogP contribution in [0.2, 0.25) is 0 Å². The molecule has 36 heavy (non-hydrogen) atoms. The van der Waals surface area contributed by atoms with Crippen LogP contribution in [0, 0.1) is 17.2 Å². The van der Waals surface area contributed by atoms with Crippen LogP contribution in [0.25, 0.3) is 11.0 Å². The lowest BCUT2D eigenvalue weighted by Gasteiger charge is -2.33. The Bertz CT molecular complexity index is 1260. The molecule has 1 saturated heterocycles. The van der Waals surface area contributed by atoms with Gasteiger partial charge in [-0.25, -0.2) is 9.97 Å². The maximum absolute atomic E-state index is 13.1. The fourth-order valence-electron chi connectivity index (χ4n) is 4.30. The molecule has 1 aliphatic rings. The monoisotopic (exact) mass is 487 g/mol. The van der Waals surface area contributed by atoms with E-state index in [0.717, 1.165) is 11.3 Å². The largest absolute Gasteiger partial charge is 0.497 e. The molecule has 0 saturated carbocycles. The number of esters is 1. The fraction of sp³-hybridized carbons (Fsp3) is 0.370. The maximum atomic E-state index is 13.1. The van der Waals surface area contributed by atoms with Crippen molar-refractivity contribution in [2.24, 2.45) is 5.92 Å². The number of methoxy groups -OCH3 is 1. The summed E-state index contributed by atoms with van der Waals surface area (Å²) in [5, 5.41) is 12.9. The van der Waals surface area contributed by atoms with Crippen LogP contribution >= 0.6 is 0 Å². The van der Waals surface area contributed by atoms with E-state index in [1.807, 2.05) is 53.4 Å². The lowest BCUT2D eigenvalue weighted by Crippen LogP contribution is -2.39. The number of nitrogens with zero attached hydrogens (tertiary/aromatic N) is 4. The predicted molar refractivity (Wildman–Crippen MR) is 134 cm³/mol. The number of ether oxygens (including phenoxy) is 2. The standard InChI is InChI=1S/C27H29N5O4/c1-3-36-27(34)19-12-14-32(15-13-19)25-24(30-22-6-4-5-7-23(22)31-25)21(16-28)26(33)29-17-18-8-10-20(35-2)11-9-18/h4-11,19,21H,3,12-15,17H2,1-2H3,(H,29,33). The number of aromatic nitrogens is 2. The molecule has 1 amide bonds. The number of rotatable bonds is 8. The normalized spacial score (nSPS) is 14.6. The Hall–Kier alpha value is -4.19. The molecule has 3 aromatic rings. The highest BCUT2D eigenvalue weighted by Gasteiger charge is 2.32. The third-order valence-corrected chi connectivity index (χ3v) is 6.28. The molecule has 0 bridgehead atoms. The summed E-state index contributed by atoms with van der Waals surface area (Å²) in [5.74, 6) is -0.712. The fourth-order valence-corrected chi connectivity index (χ4v) is 4.30. The van der Waals surface area contributed by atoms with Crippen LogP contribution < -0.4 is 15.0 Å². The van der Waals surface area contributed by atoms with Crippen LogP contribution in [0.5, 0.6) is 5.75 Å². The Labute approximate surface area is 210 Å². The summed E-state index contributed by atoms with van der Waals surface area (Å²) in [4.78, 5) is 36.8. The van der Waals surface area contributed by atoms with Gasteiger partial charge < -0.3 is 19.7 Å². The first kappa shape index (κ1) is 24.9. The summed E-state index contributed by atoms with van der Waals surface area (Å²) in [7, 11) is 1.59. The first-order chi connectivity index (χ1) is 17.5. The summed E-state index contributed by atoms with van der Waals surface area (Å²) < 4.78 is 10.3. The Morgan fingerprint density at radius 3 is 2.39 bits per heavy atom. The molecular weight excluding hydrogens is 458 g/mol. The number of nitriles is 1. The molecule has 2 heterocycles. The van der Waals surface area contributed by atoms with E-state index < -0.39 is 11.8 Å². The third-order valence-electron chi connectivity index (χ3n) is 6.28. The number of piperidine rings is 1. The molecule has 9 heteroatoms. The second-order valence-electron chi connectivity index (χ2n) is 8.56. The van der Waals surface area contributed by atoms with Gasteiger partial charge in [-0.1, -0.05) is 24.3 Å². The van der Waals surface area contributed by atoms with E-state index in [9.17, 15) is 14.9 Å². The van der Waals surface area contributed by atoms with Gasteiger partial charge in [-0.05, 0) is 49.6 Å². The minimum atomic E-state index is -1.14. The van der Waals surface area contributed by atoms with Crippen molar-refractivity contribution in [1.82, 2.24) is 15.3 Å². The molecule has 0 spiro atoms. The van der Waals surface area contributed by atoms with Crippen molar-refractivity contribution in [1.29, 1.82) is 5.26 Å².